The largest absolute Gasteiger partial charge is 0.497 e. The molecule has 1 saturated heterocycles. The van der Waals surface area contributed by atoms with E-state index in [0.29, 0.717) is 27.9 Å². The van der Waals surface area contributed by atoms with Gasteiger partial charge in [-0.15, -0.1) is 0 Å². The standard InChI is InChI=1S/C21H24ClN7O/c1-6-28-8-13(9-28)17-18(24-4)15(22)7-14(19(17)30-5)12(3)29-21-16(11(2)27-29)20(23)25-10-26-21/h7,10,12-13H,6,8-9H2,1-3,5H3,(H2,23,25,26). The summed E-state index contributed by atoms with van der Waals surface area (Å²) < 4.78 is 7.68. The molecule has 1 atom stereocenters. The number of nitrogens with zero attached hydrogens (tertiary/aromatic N) is 6. The van der Waals surface area contributed by atoms with Gasteiger partial charge in [-0.3, -0.25) is 0 Å². The van der Waals surface area contributed by atoms with E-state index in [0.717, 1.165) is 41.8 Å². The second-order valence-corrected chi connectivity index (χ2v) is 7.97. The molecule has 156 valence electrons. The summed E-state index contributed by atoms with van der Waals surface area (Å²) in [4.78, 5) is 14.5. The van der Waals surface area contributed by atoms with Crippen molar-refractivity contribution in [2.24, 2.45) is 0 Å². The molecule has 9 heteroatoms. The van der Waals surface area contributed by atoms with Crippen LogP contribution in [0.4, 0.5) is 11.5 Å². The summed E-state index contributed by atoms with van der Waals surface area (Å²) in [5.74, 6) is 1.31. The number of ether oxygens (including phenoxy) is 1. The third-order valence-corrected chi connectivity index (χ3v) is 6.20. The van der Waals surface area contributed by atoms with E-state index in [-0.39, 0.29) is 12.0 Å². The molecule has 2 aromatic heterocycles. The van der Waals surface area contributed by atoms with E-state index in [1.54, 1.807) is 7.11 Å². The number of methoxy groups -OCH3 is 1. The lowest BCUT2D eigenvalue weighted by molar-refractivity contribution is 0.155. The van der Waals surface area contributed by atoms with Gasteiger partial charge in [0.05, 0.1) is 30.8 Å². The number of nitrogen functional groups attached to an aromatic ring is 1. The molecule has 0 saturated carbocycles. The fraction of sp³-hybridized carbons (Fsp3) is 0.429. The minimum absolute atomic E-state index is 0.211. The summed E-state index contributed by atoms with van der Waals surface area (Å²) >= 11 is 6.58. The molecule has 3 aromatic rings. The summed E-state index contributed by atoms with van der Waals surface area (Å²) in [5.41, 5.74) is 9.69. The molecule has 1 aliphatic rings. The summed E-state index contributed by atoms with van der Waals surface area (Å²) in [5, 5.41) is 5.85. The van der Waals surface area contributed by atoms with Crippen molar-refractivity contribution in [3.8, 4) is 5.75 Å². The van der Waals surface area contributed by atoms with E-state index in [2.05, 4.69) is 31.7 Å². The number of hydrogen-bond acceptors (Lipinski definition) is 6. The van der Waals surface area contributed by atoms with E-state index in [1.165, 1.54) is 6.33 Å². The normalized spacial score (nSPS) is 15.7. The molecule has 4 rings (SSSR count). The van der Waals surface area contributed by atoms with Crippen LogP contribution in [0.5, 0.6) is 5.75 Å². The minimum Gasteiger partial charge on any atom is -0.497 e. The first-order valence-electron chi connectivity index (χ1n) is 9.86. The molecule has 2 N–H and O–H groups in total. The molecular formula is C21H24ClN7O. The highest BCUT2D eigenvalue weighted by Gasteiger charge is 2.34. The Morgan fingerprint density at radius 1 is 1.40 bits per heavy atom. The van der Waals surface area contributed by atoms with Gasteiger partial charge in [0.25, 0.3) is 0 Å². The summed E-state index contributed by atoms with van der Waals surface area (Å²) in [6.45, 7) is 16.5. The molecule has 0 aliphatic carbocycles. The number of aryl methyl sites for hydroxylation is 1. The quantitative estimate of drug-likeness (QED) is 0.622. The predicted octanol–water partition coefficient (Wildman–Crippen LogP) is 3.96. The first-order chi connectivity index (χ1) is 14.4. The maximum absolute atomic E-state index is 7.68. The Morgan fingerprint density at radius 3 is 2.77 bits per heavy atom. The van der Waals surface area contributed by atoms with E-state index >= 15 is 0 Å². The molecule has 3 heterocycles. The van der Waals surface area contributed by atoms with Gasteiger partial charge in [-0.05, 0) is 26.5 Å². The van der Waals surface area contributed by atoms with Crippen LogP contribution in [0.15, 0.2) is 12.4 Å². The molecule has 1 aromatic carbocycles. The van der Waals surface area contributed by atoms with Gasteiger partial charge in [0.15, 0.2) is 5.65 Å². The lowest BCUT2D eigenvalue weighted by Gasteiger charge is -2.40. The van der Waals surface area contributed by atoms with Crippen molar-refractivity contribution in [1.29, 1.82) is 0 Å². The average molecular weight is 426 g/mol. The van der Waals surface area contributed by atoms with Gasteiger partial charge < -0.3 is 15.4 Å². The molecule has 0 spiro atoms. The Balaban J connectivity index is 1.89. The first-order valence-corrected chi connectivity index (χ1v) is 10.2. The maximum atomic E-state index is 7.68. The fourth-order valence-electron chi connectivity index (χ4n) is 4.27. The van der Waals surface area contributed by atoms with Crippen molar-refractivity contribution in [1.82, 2.24) is 24.6 Å². The highest BCUT2D eigenvalue weighted by molar-refractivity contribution is 6.33. The topological polar surface area (TPSA) is 86.5 Å². The number of halogens is 1. The van der Waals surface area contributed by atoms with E-state index in [4.69, 9.17) is 28.6 Å². The van der Waals surface area contributed by atoms with Gasteiger partial charge in [0, 0.05) is 35.2 Å². The van der Waals surface area contributed by atoms with Gasteiger partial charge >= 0.3 is 0 Å². The second kappa shape index (κ2) is 7.74. The van der Waals surface area contributed by atoms with Crippen molar-refractivity contribution in [2.45, 2.75) is 32.7 Å². The van der Waals surface area contributed by atoms with Gasteiger partial charge in [-0.25, -0.2) is 19.5 Å². The fourth-order valence-corrected chi connectivity index (χ4v) is 4.54. The van der Waals surface area contributed by atoms with Crippen LogP contribution in [-0.4, -0.2) is 51.4 Å². The number of likely N-dealkylation sites (N-methyl/N-ethyl adjacent to an activating group) is 1. The Hall–Kier alpha value is -2.89. The number of likely N-dealkylation sites (tertiary alicyclic amines) is 1. The van der Waals surface area contributed by atoms with Gasteiger partial charge in [0.2, 0.25) is 5.69 Å². The van der Waals surface area contributed by atoms with Crippen LogP contribution in [0, 0.1) is 13.5 Å². The molecule has 1 unspecified atom stereocenters. The van der Waals surface area contributed by atoms with Crippen LogP contribution < -0.4 is 10.5 Å². The van der Waals surface area contributed by atoms with Crippen molar-refractivity contribution >= 4 is 34.1 Å². The number of benzene rings is 1. The van der Waals surface area contributed by atoms with E-state index < -0.39 is 0 Å². The molecule has 30 heavy (non-hydrogen) atoms. The zero-order valence-electron chi connectivity index (χ0n) is 17.5. The van der Waals surface area contributed by atoms with E-state index in [1.807, 2.05) is 24.6 Å². The number of anilines is 1. The number of rotatable bonds is 5. The molecule has 0 bridgehead atoms. The van der Waals surface area contributed by atoms with Gasteiger partial charge in [-0.2, -0.15) is 5.10 Å². The molecule has 0 radical (unpaired) electrons. The average Bonchev–Trinajstić information content (AvgIpc) is 3.04. The smallest absolute Gasteiger partial charge is 0.212 e. The Morgan fingerprint density at radius 2 is 2.13 bits per heavy atom. The molecule has 0 amide bonds. The molecular weight excluding hydrogens is 402 g/mol. The Bertz CT molecular complexity index is 1160. The Kier molecular flexibility index (Phi) is 5.26. The summed E-state index contributed by atoms with van der Waals surface area (Å²) in [6.07, 6.45) is 1.44. The highest BCUT2D eigenvalue weighted by Crippen LogP contribution is 2.48. The highest BCUT2D eigenvalue weighted by atomic mass is 35.5. The van der Waals surface area contributed by atoms with Crippen molar-refractivity contribution in [3.05, 3.63) is 45.7 Å². The number of aromatic nitrogens is 4. The minimum atomic E-state index is -0.233. The number of nitrogens with two attached hydrogens (primary N) is 1. The third-order valence-electron chi connectivity index (χ3n) is 5.91. The maximum Gasteiger partial charge on any atom is 0.212 e. The van der Waals surface area contributed by atoms with Crippen LogP contribution >= 0.6 is 11.6 Å². The van der Waals surface area contributed by atoms with Gasteiger partial charge in [0.1, 0.15) is 17.9 Å². The first kappa shape index (κ1) is 20.4. The third kappa shape index (κ3) is 3.06. The van der Waals surface area contributed by atoms with Crippen LogP contribution in [0.2, 0.25) is 5.02 Å². The lowest BCUT2D eigenvalue weighted by Crippen LogP contribution is -2.44. The van der Waals surface area contributed by atoms with Crippen molar-refractivity contribution in [2.75, 3.05) is 32.5 Å². The van der Waals surface area contributed by atoms with E-state index in [9.17, 15) is 0 Å². The van der Waals surface area contributed by atoms with Crippen LogP contribution in [-0.2, 0) is 0 Å². The molecule has 1 aliphatic heterocycles. The molecule has 8 nitrogen and oxygen atoms in total. The van der Waals surface area contributed by atoms with Crippen LogP contribution in [0.1, 0.15) is 42.6 Å². The summed E-state index contributed by atoms with van der Waals surface area (Å²) in [7, 11) is 1.64. The predicted molar refractivity (Wildman–Crippen MR) is 117 cm³/mol. The van der Waals surface area contributed by atoms with Gasteiger partial charge in [-0.1, -0.05) is 18.5 Å². The van der Waals surface area contributed by atoms with Crippen LogP contribution in [0.25, 0.3) is 15.9 Å². The second-order valence-electron chi connectivity index (χ2n) is 7.57. The van der Waals surface area contributed by atoms with Crippen molar-refractivity contribution < 1.29 is 4.74 Å². The Labute approximate surface area is 180 Å². The molecule has 1 fully saturated rings. The van der Waals surface area contributed by atoms with Crippen molar-refractivity contribution in [3.63, 3.8) is 0 Å². The lowest BCUT2D eigenvalue weighted by atomic mass is 9.87. The number of hydrogen-bond donors (Lipinski definition) is 1. The zero-order chi connectivity index (χ0) is 21.6. The SMILES string of the molecule is [C-]#[N+]c1c(Cl)cc(C(C)n2nc(C)c3c(N)ncnc32)c(OC)c1C1CN(CC)C1. The zero-order valence-corrected chi connectivity index (χ0v) is 18.2. The number of fused-ring (bicyclic) bond motifs is 1. The van der Waals surface area contributed by atoms with Crippen LogP contribution in [0.3, 0.4) is 0 Å². The summed E-state index contributed by atoms with van der Waals surface area (Å²) in [6, 6.07) is 1.58. The monoisotopic (exact) mass is 425 g/mol.